The maximum atomic E-state index is 12.2. The van der Waals surface area contributed by atoms with Crippen LogP contribution in [0.15, 0.2) is 79.3 Å². The van der Waals surface area contributed by atoms with Gasteiger partial charge in [-0.15, -0.1) is 0 Å². The number of fused-ring (bicyclic) bond motifs is 1. The summed E-state index contributed by atoms with van der Waals surface area (Å²) in [6, 6.07) is 21.6. The molecule has 222 valence electrons. The molecule has 11 heteroatoms. The van der Waals surface area contributed by atoms with Crippen molar-refractivity contribution in [1.82, 2.24) is 34.9 Å². The first-order valence-corrected chi connectivity index (χ1v) is 14.8. The molecule has 3 N–H and O–H groups in total. The van der Waals surface area contributed by atoms with E-state index < -0.39 is 0 Å². The highest BCUT2D eigenvalue weighted by Crippen LogP contribution is 2.35. The van der Waals surface area contributed by atoms with Crippen molar-refractivity contribution in [3.8, 4) is 22.8 Å². The zero-order valence-electron chi connectivity index (χ0n) is 24.1. The van der Waals surface area contributed by atoms with E-state index in [2.05, 4.69) is 25.2 Å². The number of imide groups is 1. The van der Waals surface area contributed by atoms with E-state index in [0.717, 1.165) is 71.8 Å². The maximum Gasteiger partial charge on any atom is 0.235 e. The number of nitrogens with zero attached hydrogens (tertiary/aromatic N) is 6. The van der Waals surface area contributed by atoms with Gasteiger partial charge in [0.2, 0.25) is 11.8 Å². The molecule has 0 saturated carbocycles. The summed E-state index contributed by atoms with van der Waals surface area (Å²) in [5, 5.41) is 8.21. The Balaban J connectivity index is 1.04. The van der Waals surface area contributed by atoms with Crippen LogP contribution < -0.4 is 15.8 Å². The summed E-state index contributed by atoms with van der Waals surface area (Å²) in [7, 11) is 0. The van der Waals surface area contributed by atoms with Gasteiger partial charge in [-0.2, -0.15) is 5.10 Å². The van der Waals surface area contributed by atoms with Crippen LogP contribution in [0.2, 0.25) is 0 Å². The molecule has 1 unspecified atom stereocenters. The molecule has 2 aliphatic heterocycles. The second-order valence-electron chi connectivity index (χ2n) is 11.3. The lowest BCUT2D eigenvalue weighted by atomic mass is 9.94. The Kier molecular flexibility index (Phi) is 7.45. The van der Waals surface area contributed by atoms with E-state index in [-0.39, 0.29) is 23.8 Å². The van der Waals surface area contributed by atoms with Gasteiger partial charge in [0, 0.05) is 37.8 Å². The Bertz CT molecular complexity index is 1800. The van der Waals surface area contributed by atoms with Crippen LogP contribution in [0.4, 0.5) is 5.82 Å². The van der Waals surface area contributed by atoms with Gasteiger partial charge < -0.3 is 10.5 Å². The molecule has 2 aromatic carbocycles. The predicted molar refractivity (Wildman–Crippen MR) is 165 cm³/mol. The Morgan fingerprint density at radius 2 is 1.66 bits per heavy atom. The number of pyridine rings is 1. The molecule has 5 aromatic rings. The van der Waals surface area contributed by atoms with Gasteiger partial charge in [-0.05, 0) is 67.3 Å². The number of piperidine rings is 2. The predicted octanol–water partition coefficient (Wildman–Crippen LogP) is 4.62. The number of nitrogen functional groups attached to an aromatic ring is 1. The smallest absolute Gasteiger partial charge is 0.235 e. The third-order valence-electron chi connectivity index (χ3n) is 8.38. The number of hydrogen-bond donors (Lipinski definition) is 2. The zero-order valence-corrected chi connectivity index (χ0v) is 24.1. The summed E-state index contributed by atoms with van der Waals surface area (Å²) in [5.41, 5.74) is 10.6. The first kappa shape index (κ1) is 27.7. The first-order chi connectivity index (χ1) is 21.5. The van der Waals surface area contributed by atoms with Gasteiger partial charge in [0.05, 0.1) is 23.0 Å². The van der Waals surface area contributed by atoms with Crippen molar-refractivity contribution in [2.75, 3.05) is 18.8 Å². The van der Waals surface area contributed by atoms with E-state index in [1.165, 1.54) is 6.33 Å². The first-order valence-electron chi connectivity index (χ1n) is 14.8. The fraction of sp³-hybridized carbons (Fsp3) is 0.273. The van der Waals surface area contributed by atoms with Crippen LogP contribution in [0.1, 0.15) is 48.9 Å². The molecule has 2 amide bonds. The monoisotopic (exact) mass is 588 g/mol. The van der Waals surface area contributed by atoms with Crippen LogP contribution in [0.3, 0.4) is 0 Å². The standard InChI is InChI=1S/C33H32N8O3/c34-31-29-30(22-7-9-25(10-8-22)44-24-4-2-1-3-5-24)39-41(32(29)37-20-36-31)23-14-16-40(17-15-23)19-21-6-12-27(35-18-21)26-11-13-28(42)38-33(26)43/h1-10,12,18,20,23,26H,11,13-17,19H2,(H2,34,36,37)(H,38,42,43). The molecule has 11 nitrogen and oxygen atoms in total. The minimum absolute atomic E-state index is 0.172. The second kappa shape index (κ2) is 11.8. The molecule has 3 aromatic heterocycles. The number of likely N-dealkylation sites (tertiary alicyclic amines) is 1. The third-order valence-corrected chi connectivity index (χ3v) is 8.38. The molecule has 1 atom stereocenters. The molecule has 2 aliphatic rings. The van der Waals surface area contributed by atoms with Gasteiger partial charge in [0.15, 0.2) is 5.65 Å². The zero-order chi connectivity index (χ0) is 30.0. The van der Waals surface area contributed by atoms with Gasteiger partial charge in [-0.25, -0.2) is 14.6 Å². The molecule has 0 spiro atoms. The number of carbonyl (C=O) groups is 2. The van der Waals surface area contributed by atoms with Crippen LogP contribution in [-0.4, -0.2) is 54.5 Å². The highest BCUT2D eigenvalue weighted by atomic mass is 16.5. The summed E-state index contributed by atoms with van der Waals surface area (Å²) >= 11 is 0. The number of rotatable bonds is 7. The van der Waals surface area contributed by atoms with Crippen molar-refractivity contribution in [1.29, 1.82) is 0 Å². The lowest BCUT2D eigenvalue weighted by Gasteiger charge is -2.32. The number of nitrogens with two attached hydrogens (primary N) is 1. The van der Waals surface area contributed by atoms with Gasteiger partial charge in [0.25, 0.3) is 0 Å². The van der Waals surface area contributed by atoms with Gasteiger partial charge in [-0.3, -0.25) is 24.8 Å². The van der Waals surface area contributed by atoms with E-state index in [9.17, 15) is 9.59 Å². The number of aromatic nitrogens is 5. The van der Waals surface area contributed by atoms with E-state index in [1.807, 2.05) is 77.6 Å². The average Bonchev–Trinajstić information content (AvgIpc) is 3.44. The SMILES string of the molecule is Nc1ncnc2c1c(-c1ccc(Oc3ccccc3)cc1)nn2C1CCN(Cc2ccc(C3CCC(=O)NC3=O)nc2)CC1. The number of amides is 2. The number of ether oxygens (including phenoxy) is 1. The fourth-order valence-corrected chi connectivity index (χ4v) is 6.05. The van der Waals surface area contributed by atoms with E-state index in [4.69, 9.17) is 15.6 Å². The molecular weight excluding hydrogens is 556 g/mol. The molecule has 0 aliphatic carbocycles. The van der Waals surface area contributed by atoms with Crippen molar-refractivity contribution in [3.05, 3.63) is 90.5 Å². The van der Waals surface area contributed by atoms with Crippen LogP contribution >= 0.6 is 0 Å². The van der Waals surface area contributed by atoms with Crippen molar-refractivity contribution in [2.24, 2.45) is 0 Å². The summed E-state index contributed by atoms with van der Waals surface area (Å²) in [4.78, 5) is 39.5. The van der Waals surface area contributed by atoms with Crippen LogP contribution in [-0.2, 0) is 16.1 Å². The van der Waals surface area contributed by atoms with Crippen molar-refractivity contribution in [2.45, 2.75) is 44.2 Å². The largest absolute Gasteiger partial charge is 0.457 e. The Labute approximate surface area is 254 Å². The van der Waals surface area contributed by atoms with Gasteiger partial charge >= 0.3 is 0 Å². The number of hydrogen-bond acceptors (Lipinski definition) is 9. The van der Waals surface area contributed by atoms with E-state index >= 15 is 0 Å². The van der Waals surface area contributed by atoms with Crippen LogP contribution in [0.25, 0.3) is 22.3 Å². The quantitative estimate of drug-likeness (QED) is 0.261. The topological polar surface area (TPSA) is 141 Å². The average molecular weight is 589 g/mol. The lowest BCUT2D eigenvalue weighted by Crippen LogP contribution is -2.39. The summed E-state index contributed by atoms with van der Waals surface area (Å²) < 4.78 is 7.98. The molecule has 0 radical (unpaired) electrons. The summed E-state index contributed by atoms with van der Waals surface area (Å²) in [6.45, 7) is 2.55. The number of para-hydroxylation sites is 1. The Morgan fingerprint density at radius 3 is 2.39 bits per heavy atom. The number of carbonyl (C=O) groups excluding carboxylic acids is 2. The second-order valence-corrected chi connectivity index (χ2v) is 11.3. The fourth-order valence-electron chi connectivity index (χ4n) is 6.05. The minimum Gasteiger partial charge on any atom is -0.457 e. The number of benzene rings is 2. The van der Waals surface area contributed by atoms with Crippen molar-refractivity contribution >= 4 is 28.7 Å². The maximum absolute atomic E-state index is 12.2. The number of nitrogens with one attached hydrogen (secondary N) is 1. The Hall–Kier alpha value is -5.16. The molecule has 2 saturated heterocycles. The van der Waals surface area contributed by atoms with E-state index in [0.29, 0.717) is 24.4 Å². The van der Waals surface area contributed by atoms with Gasteiger partial charge in [0.1, 0.15) is 29.3 Å². The highest BCUT2D eigenvalue weighted by molar-refractivity contribution is 6.00. The van der Waals surface area contributed by atoms with Crippen LogP contribution in [0, 0.1) is 0 Å². The third kappa shape index (κ3) is 5.61. The summed E-state index contributed by atoms with van der Waals surface area (Å²) in [5.74, 6) is 1.07. The summed E-state index contributed by atoms with van der Waals surface area (Å²) in [6.07, 6.45) is 6.00. The molecule has 0 bridgehead atoms. The van der Waals surface area contributed by atoms with Crippen molar-refractivity contribution < 1.29 is 14.3 Å². The lowest BCUT2D eigenvalue weighted by molar-refractivity contribution is -0.134. The highest BCUT2D eigenvalue weighted by Gasteiger charge is 2.29. The van der Waals surface area contributed by atoms with Crippen molar-refractivity contribution in [3.63, 3.8) is 0 Å². The van der Waals surface area contributed by atoms with Crippen LogP contribution in [0.5, 0.6) is 11.5 Å². The minimum atomic E-state index is -0.371. The molecule has 5 heterocycles. The molecule has 2 fully saturated rings. The van der Waals surface area contributed by atoms with Gasteiger partial charge in [-0.1, -0.05) is 24.3 Å². The van der Waals surface area contributed by atoms with E-state index in [1.54, 1.807) is 0 Å². The molecule has 44 heavy (non-hydrogen) atoms. The number of anilines is 1. The molecular formula is C33H32N8O3. The Morgan fingerprint density at radius 1 is 0.886 bits per heavy atom. The molecule has 7 rings (SSSR count). The normalized spacial score (nSPS) is 18.0.